The number of rotatable bonds is 5. The standard InChI is InChI=1S/C16H21N3/c1-2-7-16(8-9-16)11-19-14-6-10-18-15-12(14)4-3-5-13(15)17/h3-6,10H,2,7-9,11,17H2,1H3,(H,18,19). The van der Waals surface area contributed by atoms with E-state index in [1.807, 2.05) is 24.4 Å². The molecule has 100 valence electrons. The van der Waals surface area contributed by atoms with Crippen molar-refractivity contribution in [3.05, 3.63) is 30.5 Å². The Morgan fingerprint density at radius 3 is 2.89 bits per heavy atom. The zero-order valence-corrected chi connectivity index (χ0v) is 11.4. The summed E-state index contributed by atoms with van der Waals surface area (Å²) >= 11 is 0. The minimum absolute atomic E-state index is 0.546. The minimum atomic E-state index is 0.546. The smallest absolute Gasteiger partial charge is 0.0951 e. The lowest BCUT2D eigenvalue weighted by Crippen LogP contribution is -2.15. The molecule has 2 aromatic rings. The summed E-state index contributed by atoms with van der Waals surface area (Å²) < 4.78 is 0. The molecule has 0 atom stereocenters. The van der Waals surface area contributed by atoms with Gasteiger partial charge in [0.1, 0.15) is 0 Å². The van der Waals surface area contributed by atoms with Crippen molar-refractivity contribution >= 4 is 22.3 Å². The second-order valence-corrected chi connectivity index (χ2v) is 5.71. The lowest BCUT2D eigenvalue weighted by Gasteiger charge is -2.17. The van der Waals surface area contributed by atoms with Crippen LogP contribution in [0, 0.1) is 5.41 Å². The average Bonchev–Trinajstić information content (AvgIpc) is 3.18. The molecule has 3 rings (SSSR count). The number of nitrogens with two attached hydrogens (primary N) is 1. The molecule has 0 radical (unpaired) electrons. The number of benzene rings is 1. The number of anilines is 2. The number of nitrogens with one attached hydrogen (secondary N) is 1. The summed E-state index contributed by atoms with van der Waals surface area (Å²) in [6.45, 7) is 3.33. The fraction of sp³-hybridized carbons (Fsp3) is 0.438. The van der Waals surface area contributed by atoms with Gasteiger partial charge in [-0.25, -0.2) is 0 Å². The first-order chi connectivity index (χ1) is 9.24. The normalized spacial score (nSPS) is 16.5. The van der Waals surface area contributed by atoms with Gasteiger partial charge in [0.2, 0.25) is 0 Å². The molecule has 1 aromatic carbocycles. The molecular formula is C16H21N3. The van der Waals surface area contributed by atoms with Crippen molar-refractivity contribution in [2.45, 2.75) is 32.6 Å². The summed E-state index contributed by atoms with van der Waals surface area (Å²) in [5.41, 5.74) is 9.32. The molecule has 3 nitrogen and oxygen atoms in total. The quantitative estimate of drug-likeness (QED) is 0.799. The summed E-state index contributed by atoms with van der Waals surface area (Å²) in [5.74, 6) is 0. The summed E-state index contributed by atoms with van der Waals surface area (Å²) in [4.78, 5) is 4.37. The van der Waals surface area contributed by atoms with Crippen LogP contribution in [0.25, 0.3) is 10.9 Å². The predicted octanol–water partition coefficient (Wildman–Crippen LogP) is 3.81. The molecule has 19 heavy (non-hydrogen) atoms. The van der Waals surface area contributed by atoms with Crippen LogP contribution in [0.1, 0.15) is 32.6 Å². The van der Waals surface area contributed by atoms with Gasteiger partial charge in [-0.05, 0) is 36.8 Å². The molecule has 0 unspecified atom stereocenters. The van der Waals surface area contributed by atoms with Gasteiger partial charge < -0.3 is 11.1 Å². The zero-order valence-electron chi connectivity index (χ0n) is 11.4. The Balaban J connectivity index is 1.83. The molecular weight excluding hydrogens is 234 g/mol. The topological polar surface area (TPSA) is 50.9 Å². The molecule has 1 aromatic heterocycles. The number of hydrogen-bond donors (Lipinski definition) is 2. The number of aromatic nitrogens is 1. The lowest BCUT2D eigenvalue weighted by atomic mass is 10.0. The first-order valence-corrected chi connectivity index (χ1v) is 7.11. The molecule has 3 N–H and O–H groups in total. The second kappa shape index (κ2) is 4.72. The molecule has 0 saturated heterocycles. The highest BCUT2D eigenvalue weighted by molar-refractivity contribution is 5.97. The Morgan fingerprint density at radius 1 is 1.32 bits per heavy atom. The van der Waals surface area contributed by atoms with Crippen molar-refractivity contribution in [1.29, 1.82) is 0 Å². The maximum atomic E-state index is 5.98. The van der Waals surface area contributed by atoms with Crippen LogP contribution in [0.3, 0.4) is 0 Å². The van der Waals surface area contributed by atoms with E-state index in [2.05, 4.69) is 23.3 Å². The third-order valence-corrected chi connectivity index (χ3v) is 4.19. The average molecular weight is 255 g/mol. The van der Waals surface area contributed by atoms with E-state index in [1.165, 1.54) is 25.7 Å². The van der Waals surface area contributed by atoms with Gasteiger partial charge in [-0.2, -0.15) is 0 Å². The van der Waals surface area contributed by atoms with Crippen molar-refractivity contribution in [2.75, 3.05) is 17.6 Å². The van der Waals surface area contributed by atoms with Crippen molar-refractivity contribution in [3.63, 3.8) is 0 Å². The highest BCUT2D eigenvalue weighted by atomic mass is 14.9. The van der Waals surface area contributed by atoms with E-state index in [1.54, 1.807) is 0 Å². The summed E-state index contributed by atoms with van der Waals surface area (Å²) in [6, 6.07) is 8.02. The van der Waals surface area contributed by atoms with Gasteiger partial charge in [0, 0.05) is 23.8 Å². The molecule has 0 amide bonds. The number of pyridine rings is 1. The number of para-hydroxylation sites is 1. The number of fused-ring (bicyclic) bond motifs is 1. The number of nitrogens with zero attached hydrogens (tertiary/aromatic N) is 1. The van der Waals surface area contributed by atoms with Gasteiger partial charge in [-0.1, -0.05) is 25.5 Å². The van der Waals surface area contributed by atoms with E-state index in [-0.39, 0.29) is 0 Å². The van der Waals surface area contributed by atoms with Crippen molar-refractivity contribution in [1.82, 2.24) is 4.98 Å². The highest BCUT2D eigenvalue weighted by Gasteiger charge is 2.41. The summed E-state index contributed by atoms with van der Waals surface area (Å²) in [6.07, 6.45) is 7.15. The van der Waals surface area contributed by atoms with Crippen LogP contribution in [0.4, 0.5) is 11.4 Å². The summed E-state index contributed by atoms with van der Waals surface area (Å²) in [7, 11) is 0. The molecule has 1 saturated carbocycles. The van der Waals surface area contributed by atoms with Crippen molar-refractivity contribution < 1.29 is 0 Å². The van der Waals surface area contributed by atoms with Gasteiger partial charge in [0.05, 0.1) is 11.2 Å². The third kappa shape index (κ3) is 2.37. The molecule has 0 aliphatic heterocycles. The number of hydrogen-bond acceptors (Lipinski definition) is 3. The number of nitrogen functional groups attached to an aromatic ring is 1. The Hall–Kier alpha value is -1.77. The van der Waals surface area contributed by atoms with Gasteiger partial charge in [-0.3, -0.25) is 4.98 Å². The Labute approximate surface area is 114 Å². The molecule has 1 aliphatic carbocycles. The Kier molecular flexibility index (Phi) is 3.05. The van der Waals surface area contributed by atoms with E-state index in [4.69, 9.17) is 5.73 Å². The van der Waals surface area contributed by atoms with Gasteiger partial charge in [-0.15, -0.1) is 0 Å². The maximum Gasteiger partial charge on any atom is 0.0951 e. The molecule has 1 fully saturated rings. The Morgan fingerprint density at radius 2 is 2.16 bits per heavy atom. The van der Waals surface area contributed by atoms with E-state index in [0.717, 1.165) is 28.8 Å². The van der Waals surface area contributed by atoms with Crippen LogP contribution in [-0.2, 0) is 0 Å². The monoisotopic (exact) mass is 255 g/mol. The predicted molar refractivity (Wildman–Crippen MR) is 81.2 cm³/mol. The van der Waals surface area contributed by atoms with Gasteiger partial charge in [0.25, 0.3) is 0 Å². The van der Waals surface area contributed by atoms with Crippen LogP contribution in [0.2, 0.25) is 0 Å². The van der Waals surface area contributed by atoms with Crippen LogP contribution in [0.5, 0.6) is 0 Å². The van der Waals surface area contributed by atoms with E-state index in [9.17, 15) is 0 Å². The van der Waals surface area contributed by atoms with Gasteiger partial charge in [0.15, 0.2) is 0 Å². The van der Waals surface area contributed by atoms with Gasteiger partial charge >= 0.3 is 0 Å². The first-order valence-electron chi connectivity index (χ1n) is 7.11. The minimum Gasteiger partial charge on any atom is -0.397 e. The largest absolute Gasteiger partial charge is 0.397 e. The molecule has 3 heteroatoms. The third-order valence-electron chi connectivity index (χ3n) is 4.19. The highest BCUT2D eigenvalue weighted by Crippen LogP contribution is 2.49. The van der Waals surface area contributed by atoms with Crippen LogP contribution in [-0.4, -0.2) is 11.5 Å². The van der Waals surface area contributed by atoms with Crippen LogP contribution in [0.15, 0.2) is 30.5 Å². The van der Waals surface area contributed by atoms with E-state index < -0.39 is 0 Å². The Bertz CT molecular complexity index is 588. The fourth-order valence-electron chi connectivity index (χ4n) is 2.86. The van der Waals surface area contributed by atoms with E-state index >= 15 is 0 Å². The second-order valence-electron chi connectivity index (χ2n) is 5.71. The molecule has 1 heterocycles. The van der Waals surface area contributed by atoms with Crippen molar-refractivity contribution in [2.24, 2.45) is 5.41 Å². The van der Waals surface area contributed by atoms with Crippen LogP contribution < -0.4 is 11.1 Å². The maximum absolute atomic E-state index is 5.98. The van der Waals surface area contributed by atoms with Crippen LogP contribution >= 0.6 is 0 Å². The summed E-state index contributed by atoms with van der Waals surface area (Å²) in [5, 5.41) is 4.73. The molecule has 0 bridgehead atoms. The van der Waals surface area contributed by atoms with E-state index in [0.29, 0.717) is 5.41 Å². The van der Waals surface area contributed by atoms with Crippen molar-refractivity contribution in [3.8, 4) is 0 Å². The molecule has 1 aliphatic rings. The fourth-order valence-corrected chi connectivity index (χ4v) is 2.86. The first kappa shape index (κ1) is 12.3. The lowest BCUT2D eigenvalue weighted by molar-refractivity contribution is 0.486. The zero-order chi connectivity index (χ0) is 13.3. The SMILES string of the molecule is CCCC1(CNc2ccnc3c(N)cccc23)CC1. The molecule has 0 spiro atoms.